The lowest BCUT2D eigenvalue weighted by molar-refractivity contribution is -0.124. The van der Waals surface area contributed by atoms with Crippen molar-refractivity contribution in [3.63, 3.8) is 0 Å². The number of hydrogen-bond acceptors (Lipinski definition) is 5. The minimum absolute atomic E-state index is 0.0932. The van der Waals surface area contributed by atoms with Gasteiger partial charge in [0.2, 0.25) is 11.8 Å². The number of ether oxygens (including phenoxy) is 3. The molecule has 0 spiro atoms. The molecule has 2 aromatic carbocycles. The fourth-order valence-electron chi connectivity index (χ4n) is 2.91. The number of anilines is 1. The van der Waals surface area contributed by atoms with E-state index in [1.165, 1.54) is 24.1 Å². The first-order chi connectivity index (χ1) is 14.0. The maximum absolute atomic E-state index is 12.4. The third kappa shape index (κ3) is 5.13. The summed E-state index contributed by atoms with van der Waals surface area (Å²) in [5.74, 6) is 0.00266. The summed E-state index contributed by atoms with van der Waals surface area (Å²) in [6, 6.07) is 11.4. The van der Waals surface area contributed by atoms with Gasteiger partial charge in [-0.1, -0.05) is 18.2 Å². The Kier molecular flexibility index (Phi) is 6.48. The van der Waals surface area contributed by atoms with Gasteiger partial charge < -0.3 is 19.5 Å². The lowest BCUT2D eigenvalue weighted by Gasteiger charge is -2.21. The number of methoxy groups -OCH3 is 1. The van der Waals surface area contributed by atoms with Gasteiger partial charge in [0, 0.05) is 6.54 Å². The molecule has 2 amide bonds. The van der Waals surface area contributed by atoms with Crippen LogP contribution in [0.5, 0.6) is 17.2 Å². The molecule has 0 atom stereocenters. The van der Waals surface area contributed by atoms with E-state index in [2.05, 4.69) is 10.1 Å². The van der Waals surface area contributed by atoms with E-state index in [0.29, 0.717) is 17.0 Å². The van der Waals surface area contributed by atoms with E-state index in [4.69, 9.17) is 9.47 Å². The van der Waals surface area contributed by atoms with Crippen LogP contribution >= 0.6 is 0 Å². The van der Waals surface area contributed by atoms with Crippen molar-refractivity contribution in [3.05, 3.63) is 48.0 Å². The Hall–Kier alpha value is -3.36. The van der Waals surface area contributed by atoms with Gasteiger partial charge in [0.15, 0.2) is 11.5 Å². The van der Waals surface area contributed by atoms with Gasteiger partial charge >= 0.3 is 6.61 Å². The molecule has 2 aromatic rings. The predicted octanol–water partition coefficient (Wildman–Crippen LogP) is 2.73. The molecule has 0 aliphatic carbocycles. The van der Waals surface area contributed by atoms with Crippen molar-refractivity contribution in [1.82, 2.24) is 5.32 Å². The van der Waals surface area contributed by atoms with Gasteiger partial charge in [-0.2, -0.15) is 8.78 Å². The standard InChI is InChI=1S/C20H20F2N2O5/c1-27-17-10-13(6-7-16(17)29-20(21)22)11-23-18(25)12-24-14-4-2-3-5-15(14)28-9-8-19(24)26/h2-7,10,20H,8-9,11-12H2,1H3,(H,23,25). The summed E-state index contributed by atoms with van der Waals surface area (Å²) >= 11 is 0. The van der Waals surface area contributed by atoms with Crippen molar-refractivity contribution in [2.24, 2.45) is 0 Å². The lowest BCUT2D eigenvalue weighted by atomic mass is 10.2. The molecule has 1 heterocycles. The molecule has 0 unspecified atom stereocenters. The minimum atomic E-state index is -2.97. The van der Waals surface area contributed by atoms with Crippen molar-refractivity contribution in [3.8, 4) is 17.2 Å². The Morgan fingerprint density at radius 3 is 2.79 bits per heavy atom. The van der Waals surface area contributed by atoms with E-state index in [1.54, 1.807) is 30.3 Å². The quantitative estimate of drug-likeness (QED) is 0.765. The summed E-state index contributed by atoms with van der Waals surface area (Å²) in [7, 11) is 1.33. The molecule has 0 bridgehead atoms. The van der Waals surface area contributed by atoms with Gasteiger partial charge in [0.1, 0.15) is 12.3 Å². The number of amides is 2. The highest BCUT2D eigenvalue weighted by Crippen LogP contribution is 2.31. The van der Waals surface area contributed by atoms with Gasteiger partial charge in [0.05, 0.1) is 25.8 Å². The highest BCUT2D eigenvalue weighted by atomic mass is 19.3. The number of fused-ring (bicyclic) bond motifs is 1. The highest BCUT2D eigenvalue weighted by molar-refractivity contribution is 6.00. The van der Waals surface area contributed by atoms with E-state index in [-0.39, 0.29) is 49.4 Å². The summed E-state index contributed by atoms with van der Waals surface area (Å²) in [4.78, 5) is 26.2. The average molecular weight is 406 g/mol. The molecule has 0 saturated carbocycles. The second kappa shape index (κ2) is 9.22. The van der Waals surface area contributed by atoms with Crippen LogP contribution in [0.2, 0.25) is 0 Å². The molecular formula is C20H20F2N2O5. The Bertz CT molecular complexity index is 891. The number of benzene rings is 2. The number of nitrogens with one attached hydrogen (secondary N) is 1. The normalized spacial score (nSPS) is 13.4. The van der Waals surface area contributed by atoms with E-state index in [0.717, 1.165) is 0 Å². The number of carbonyl (C=O) groups is 2. The summed E-state index contributed by atoms with van der Waals surface area (Å²) in [5.41, 5.74) is 1.17. The van der Waals surface area contributed by atoms with E-state index in [9.17, 15) is 18.4 Å². The van der Waals surface area contributed by atoms with Crippen molar-refractivity contribution in [2.75, 3.05) is 25.2 Å². The molecule has 9 heteroatoms. The van der Waals surface area contributed by atoms with Crippen molar-refractivity contribution in [2.45, 2.75) is 19.6 Å². The zero-order valence-electron chi connectivity index (χ0n) is 15.7. The van der Waals surface area contributed by atoms with Crippen LogP contribution in [0, 0.1) is 0 Å². The largest absolute Gasteiger partial charge is 0.493 e. The molecule has 0 radical (unpaired) electrons. The number of halogens is 2. The summed E-state index contributed by atoms with van der Waals surface area (Å²) in [5, 5.41) is 2.71. The molecule has 154 valence electrons. The van der Waals surface area contributed by atoms with E-state index in [1.807, 2.05) is 0 Å². The zero-order chi connectivity index (χ0) is 20.8. The fraction of sp³-hybridized carbons (Fsp3) is 0.300. The molecule has 7 nitrogen and oxygen atoms in total. The molecule has 1 aliphatic rings. The van der Waals surface area contributed by atoms with Crippen LogP contribution in [0.3, 0.4) is 0 Å². The Morgan fingerprint density at radius 1 is 1.24 bits per heavy atom. The monoisotopic (exact) mass is 406 g/mol. The predicted molar refractivity (Wildman–Crippen MR) is 100 cm³/mol. The average Bonchev–Trinajstić information content (AvgIpc) is 2.86. The Balaban J connectivity index is 1.65. The number of hydrogen-bond donors (Lipinski definition) is 1. The number of alkyl halides is 2. The first-order valence-electron chi connectivity index (χ1n) is 8.88. The smallest absolute Gasteiger partial charge is 0.387 e. The second-order valence-corrected chi connectivity index (χ2v) is 6.19. The van der Waals surface area contributed by atoms with Crippen LogP contribution in [-0.4, -0.2) is 38.7 Å². The molecule has 0 fully saturated rings. The maximum Gasteiger partial charge on any atom is 0.387 e. The van der Waals surface area contributed by atoms with Crippen molar-refractivity contribution < 1.29 is 32.6 Å². The molecule has 29 heavy (non-hydrogen) atoms. The molecule has 1 aliphatic heterocycles. The molecule has 3 rings (SSSR count). The van der Waals surface area contributed by atoms with Crippen LogP contribution in [0.15, 0.2) is 42.5 Å². The first-order valence-corrected chi connectivity index (χ1v) is 8.88. The topological polar surface area (TPSA) is 77.1 Å². The maximum atomic E-state index is 12.4. The summed E-state index contributed by atoms with van der Waals surface area (Å²) in [6.45, 7) is -2.75. The van der Waals surface area contributed by atoms with Crippen LogP contribution in [0.25, 0.3) is 0 Å². The van der Waals surface area contributed by atoms with Crippen molar-refractivity contribution in [1.29, 1.82) is 0 Å². The van der Waals surface area contributed by atoms with Crippen LogP contribution in [0.4, 0.5) is 14.5 Å². The number of nitrogens with zero attached hydrogens (tertiary/aromatic N) is 1. The third-order valence-corrected chi connectivity index (χ3v) is 4.27. The van der Waals surface area contributed by atoms with E-state index < -0.39 is 6.61 Å². The number of para-hydroxylation sites is 2. The molecular weight excluding hydrogens is 386 g/mol. The Labute approximate surface area is 166 Å². The van der Waals surface area contributed by atoms with Gasteiger partial charge in [0.25, 0.3) is 0 Å². The van der Waals surface area contributed by atoms with Gasteiger partial charge in [-0.05, 0) is 29.8 Å². The lowest BCUT2D eigenvalue weighted by Crippen LogP contribution is -2.40. The highest BCUT2D eigenvalue weighted by Gasteiger charge is 2.25. The second-order valence-electron chi connectivity index (χ2n) is 6.19. The van der Waals surface area contributed by atoms with Gasteiger partial charge in [-0.3, -0.25) is 14.5 Å². The first kappa shape index (κ1) is 20.4. The molecule has 0 saturated heterocycles. The summed E-state index contributed by atoms with van der Waals surface area (Å²) < 4.78 is 39.8. The summed E-state index contributed by atoms with van der Waals surface area (Å²) in [6.07, 6.45) is 0.171. The molecule has 0 aromatic heterocycles. The van der Waals surface area contributed by atoms with Crippen LogP contribution in [-0.2, 0) is 16.1 Å². The SMILES string of the molecule is COc1cc(CNC(=O)CN2C(=O)CCOc3ccccc32)ccc1OC(F)F. The van der Waals surface area contributed by atoms with Crippen LogP contribution in [0.1, 0.15) is 12.0 Å². The zero-order valence-corrected chi connectivity index (χ0v) is 15.7. The number of carbonyl (C=O) groups excluding carboxylic acids is 2. The van der Waals surface area contributed by atoms with Gasteiger partial charge in [-0.15, -0.1) is 0 Å². The molecule has 1 N–H and O–H groups in total. The third-order valence-electron chi connectivity index (χ3n) is 4.27. The van der Waals surface area contributed by atoms with Crippen molar-refractivity contribution >= 4 is 17.5 Å². The number of rotatable bonds is 7. The van der Waals surface area contributed by atoms with Gasteiger partial charge in [-0.25, -0.2) is 0 Å². The van der Waals surface area contributed by atoms with E-state index >= 15 is 0 Å². The van der Waals surface area contributed by atoms with Crippen LogP contribution < -0.4 is 24.4 Å². The minimum Gasteiger partial charge on any atom is -0.493 e. The fourth-order valence-corrected chi connectivity index (χ4v) is 2.91. The Morgan fingerprint density at radius 2 is 2.03 bits per heavy atom.